The molecule has 2 N–H and O–H groups in total. The van der Waals surface area contributed by atoms with Gasteiger partial charge in [-0.15, -0.1) is 0 Å². The summed E-state index contributed by atoms with van der Waals surface area (Å²) in [6.45, 7) is 0.964. The second kappa shape index (κ2) is 9.90. The molecule has 26 heavy (non-hydrogen) atoms. The number of anilines is 1. The summed E-state index contributed by atoms with van der Waals surface area (Å²) < 4.78 is 12.4. The Morgan fingerprint density at radius 3 is 2.65 bits per heavy atom. The molecule has 4 nitrogen and oxygen atoms in total. The largest absolute Gasteiger partial charge is 0.326 e. The number of nitrogens with one attached hydrogen (secondary N) is 2. The van der Waals surface area contributed by atoms with E-state index in [1.165, 1.54) is 0 Å². The Morgan fingerprint density at radius 2 is 1.88 bits per heavy atom. The zero-order chi connectivity index (χ0) is 18.2. The van der Waals surface area contributed by atoms with Gasteiger partial charge in [-0.25, -0.2) is 0 Å². The zero-order valence-corrected chi connectivity index (χ0v) is 16.3. The summed E-state index contributed by atoms with van der Waals surface area (Å²) in [6, 6.07) is 17.8. The highest BCUT2D eigenvalue weighted by Crippen LogP contribution is 2.16. The molecular weight excluding hydrogens is 364 g/mol. The predicted octanol–water partition coefficient (Wildman–Crippen LogP) is 3.17. The van der Waals surface area contributed by atoms with E-state index < -0.39 is 10.8 Å². The zero-order valence-electron chi connectivity index (χ0n) is 14.6. The van der Waals surface area contributed by atoms with Gasteiger partial charge in [-0.3, -0.25) is 9.00 Å². The minimum atomic E-state index is -0.974. The quantitative estimate of drug-likeness (QED) is 0.765. The second-order valence-corrected chi connectivity index (χ2v) is 9.00. The topological polar surface area (TPSA) is 58.2 Å². The van der Waals surface area contributed by atoms with Crippen molar-refractivity contribution in [3.8, 4) is 0 Å². The fraction of sp³-hybridized carbons (Fsp3) is 0.350. The molecule has 1 heterocycles. The number of benzene rings is 2. The van der Waals surface area contributed by atoms with E-state index in [-0.39, 0.29) is 11.9 Å². The van der Waals surface area contributed by atoms with Gasteiger partial charge in [0.15, 0.2) is 0 Å². The first kappa shape index (κ1) is 19.1. The van der Waals surface area contributed by atoms with Crippen molar-refractivity contribution in [1.82, 2.24) is 5.32 Å². The third kappa shape index (κ3) is 6.27. The molecule has 0 radical (unpaired) electrons. The van der Waals surface area contributed by atoms with Crippen molar-refractivity contribution >= 4 is 34.2 Å². The average molecular weight is 389 g/mol. The normalized spacial score (nSPS) is 18.2. The monoisotopic (exact) mass is 388 g/mol. The maximum Gasteiger partial charge on any atom is 0.225 e. The van der Waals surface area contributed by atoms with Crippen LogP contribution in [0, 0.1) is 0 Å². The maximum atomic E-state index is 12.4. The van der Waals surface area contributed by atoms with Crippen molar-refractivity contribution in [3.63, 3.8) is 0 Å². The standard InChI is InChI=1S/C20H24N2O2S2/c23-20(12-19-13-25-10-9-21-19)22-18-8-4-7-17(11-18)15-26(24)14-16-5-2-1-3-6-16/h1-8,11,19,21H,9-10,12-15H2,(H,22,23). The maximum absolute atomic E-state index is 12.4. The van der Waals surface area contributed by atoms with Gasteiger partial charge >= 0.3 is 0 Å². The van der Waals surface area contributed by atoms with Crippen molar-refractivity contribution in [1.29, 1.82) is 0 Å². The van der Waals surface area contributed by atoms with Gasteiger partial charge in [-0.05, 0) is 23.3 Å². The Hall–Kier alpha value is -1.63. The van der Waals surface area contributed by atoms with Crippen LogP contribution in [0.5, 0.6) is 0 Å². The van der Waals surface area contributed by atoms with Crippen molar-refractivity contribution in [2.75, 3.05) is 23.4 Å². The van der Waals surface area contributed by atoms with Crippen LogP contribution in [0.15, 0.2) is 54.6 Å². The summed E-state index contributed by atoms with van der Waals surface area (Å²) in [5.41, 5.74) is 2.82. The first-order valence-corrected chi connectivity index (χ1v) is 11.4. The Morgan fingerprint density at radius 1 is 1.12 bits per heavy atom. The average Bonchev–Trinajstić information content (AvgIpc) is 2.63. The van der Waals surface area contributed by atoms with Crippen molar-refractivity contribution in [3.05, 3.63) is 65.7 Å². The number of thioether (sulfide) groups is 1. The molecule has 0 spiro atoms. The number of carbonyl (C=O) groups is 1. The van der Waals surface area contributed by atoms with E-state index in [4.69, 9.17) is 0 Å². The number of carbonyl (C=O) groups excluding carboxylic acids is 1. The summed E-state index contributed by atoms with van der Waals surface area (Å²) >= 11 is 1.88. The van der Waals surface area contributed by atoms with Crippen LogP contribution >= 0.6 is 11.8 Å². The van der Waals surface area contributed by atoms with Gasteiger partial charge in [0.05, 0.1) is 0 Å². The molecule has 1 saturated heterocycles. The molecule has 2 aromatic rings. The molecule has 2 aromatic carbocycles. The van der Waals surface area contributed by atoms with Crippen LogP contribution in [0.1, 0.15) is 17.5 Å². The van der Waals surface area contributed by atoms with E-state index in [0.717, 1.165) is 34.9 Å². The molecule has 138 valence electrons. The van der Waals surface area contributed by atoms with Gasteiger partial charge in [-0.1, -0.05) is 42.5 Å². The van der Waals surface area contributed by atoms with Gasteiger partial charge in [0.1, 0.15) is 0 Å². The Kier molecular flexibility index (Phi) is 7.29. The highest BCUT2D eigenvalue weighted by Gasteiger charge is 2.16. The SMILES string of the molecule is O=C(CC1CSCCN1)Nc1cccc(CS(=O)Cc2ccccc2)c1. The molecule has 0 saturated carbocycles. The molecule has 1 aliphatic heterocycles. The van der Waals surface area contributed by atoms with Crippen molar-refractivity contribution in [2.24, 2.45) is 0 Å². The summed E-state index contributed by atoms with van der Waals surface area (Å²) in [5.74, 6) is 3.14. The third-order valence-corrected chi connectivity index (χ3v) is 6.58. The summed E-state index contributed by atoms with van der Waals surface area (Å²) in [5, 5.41) is 6.34. The van der Waals surface area contributed by atoms with Crippen molar-refractivity contribution < 1.29 is 9.00 Å². The number of amides is 1. The number of rotatable bonds is 7. The van der Waals surface area contributed by atoms with Crippen molar-refractivity contribution in [2.45, 2.75) is 24.0 Å². The van der Waals surface area contributed by atoms with E-state index in [2.05, 4.69) is 10.6 Å². The lowest BCUT2D eigenvalue weighted by Crippen LogP contribution is -2.39. The van der Waals surface area contributed by atoms with Gasteiger partial charge in [0, 0.05) is 58.5 Å². The molecule has 2 atom stereocenters. The Bertz CT molecular complexity index is 746. The van der Waals surface area contributed by atoms with Crippen LogP contribution in [0.2, 0.25) is 0 Å². The predicted molar refractivity (Wildman–Crippen MR) is 111 cm³/mol. The van der Waals surface area contributed by atoms with E-state index in [1.54, 1.807) is 0 Å². The molecule has 6 heteroatoms. The first-order valence-electron chi connectivity index (χ1n) is 8.78. The first-order chi connectivity index (χ1) is 12.7. The third-order valence-electron chi connectivity index (χ3n) is 4.14. The molecule has 2 unspecified atom stereocenters. The summed E-state index contributed by atoms with van der Waals surface area (Å²) in [4.78, 5) is 12.2. The molecule has 1 aliphatic rings. The molecule has 0 aliphatic carbocycles. The lowest BCUT2D eigenvalue weighted by molar-refractivity contribution is -0.116. The highest BCUT2D eigenvalue weighted by molar-refractivity contribution is 7.99. The molecule has 1 fully saturated rings. The number of hydrogen-bond acceptors (Lipinski definition) is 4. The molecular formula is C20H24N2O2S2. The fourth-order valence-electron chi connectivity index (χ4n) is 2.92. The van der Waals surface area contributed by atoms with Gasteiger partial charge in [-0.2, -0.15) is 11.8 Å². The minimum absolute atomic E-state index is 0.0209. The molecule has 0 bridgehead atoms. The van der Waals surface area contributed by atoms with Gasteiger partial charge in [0.25, 0.3) is 0 Å². The fourth-order valence-corrected chi connectivity index (χ4v) is 5.09. The van der Waals surface area contributed by atoms with E-state index >= 15 is 0 Å². The van der Waals surface area contributed by atoms with Gasteiger partial charge in [0.2, 0.25) is 5.91 Å². The summed E-state index contributed by atoms with van der Waals surface area (Å²) in [7, 11) is -0.974. The Balaban J connectivity index is 1.52. The van der Waals surface area contributed by atoms with E-state index in [9.17, 15) is 9.00 Å². The Labute approximate surface area is 161 Å². The van der Waals surface area contributed by atoms with Gasteiger partial charge < -0.3 is 10.6 Å². The molecule has 1 amide bonds. The second-order valence-electron chi connectivity index (χ2n) is 6.39. The van der Waals surface area contributed by atoms with Crippen LogP contribution in [-0.4, -0.2) is 34.2 Å². The number of hydrogen-bond donors (Lipinski definition) is 2. The van der Waals surface area contributed by atoms with Crippen LogP contribution in [0.3, 0.4) is 0 Å². The van der Waals surface area contributed by atoms with Crippen LogP contribution in [-0.2, 0) is 27.1 Å². The smallest absolute Gasteiger partial charge is 0.225 e. The highest BCUT2D eigenvalue weighted by atomic mass is 32.2. The van der Waals surface area contributed by atoms with E-state index in [0.29, 0.717) is 17.9 Å². The van der Waals surface area contributed by atoms with E-state index in [1.807, 2.05) is 66.4 Å². The summed E-state index contributed by atoms with van der Waals surface area (Å²) in [6.07, 6.45) is 0.483. The lowest BCUT2D eigenvalue weighted by atomic mass is 10.2. The minimum Gasteiger partial charge on any atom is -0.326 e. The van der Waals surface area contributed by atoms with Crippen LogP contribution in [0.25, 0.3) is 0 Å². The molecule has 3 rings (SSSR count). The molecule has 0 aromatic heterocycles. The van der Waals surface area contributed by atoms with Crippen LogP contribution in [0.4, 0.5) is 5.69 Å². The lowest BCUT2D eigenvalue weighted by Gasteiger charge is -2.22. The van der Waals surface area contributed by atoms with Crippen LogP contribution < -0.4 is 10.6 Å².